The second kappa shape index (κ2) is 9.89. The first kappa shape index (κ1) is 21.9. The zero-order valence-corrected chi connectivity index (χ0v) is 15.1. The molecule has 8 heteroatoms. The summed E-state index contributed by atoms with van der Waals surface area (Å²) >= 11 is 0. The van der Waals surface area contributed by atoms with Crippen LogP contribution in [-0.2, 0) is 9.59 Å². The third-order valence-electron chi connectivity index (χ3n) is 3.24. The SMILES string of the molecule is CC(C)[C@H](N)C(=O)NCC(=O)Nc1cccc(C(=O)N(C)C)c1.Cl. The number of benzene rings is 1. The first-order valence-corrected chi connectivity index (χ1v) is 7.37. The highest BCUT2D eigenvalue weighted by Crippen LogP contribution is 2.11. The summed E-state index contributed by atoms with van der Waals surface area (Å²) in [5.41, 5.74) is 6.66. The number of nitrogens with two attached hydrogens (primary N) is 1. The lowest BCUT2D eigenvalue weighted by Crippen LogP contribution is -2.46. The van der Waals surface area contributed by atoms with E-state index in [-0.39, 0.29) is 42.6 Å². The molecule has 0 aromatic heterocycles. The van der Waals surface area contributed by atoms with Crippen LogP contribution < -0.4 is 16.4 Å². The maximum atomic E-state index is 11.9. The highest BCUT2D eigenvalue weighted by molar-refractivity contribution is 5.98. The van der Waals surface area contributed by atoms with Gasteiger partial charge in [-0.15, -0.1) is 12.4 Å². The van der Waals surface area contributed by atoms with Gasteiger partial charge in [0.25, 0.3) is 5.91 Å². The fraction of sp³-hybridized carbons (Fsp3) is 0.438. The van der Waals surface area contributed by atoms with Gasteiger partial charge in [0.1, 0.15) is 0 Å². The maximum Gasteiger partial charge on any atom is 0.253 e. The molecule has 0 saturated heterocycles. The van der Waals surface area contributed by atoms with E-state index in [2.05, 4.69) is 10.6 Å². The van der Waals surface area contributed by atoms with Crippen LogP contribution in [-0.4, -0.2) is 49.3 Å². The van der Waals surface area contributed by atoms with E-state index in [1.165, 1.54) is 4.90 Å². The van der Waals surface area contributed by atoms with Crippen molar-refractivity contribution in [2.45, 2.75) is 19.9 Å². The molecular weight excluding hydrogens is 332 g/mol. The first-order chi connectivity index (χ1) is 10.7. The molecule has 3 amide bonds. The number of nitrogens with one attached hydrogen (secondary N) is 2. The summed E-state index contributed by atoms with van der Waals surface area (Å²) < 4.78 is 0. The highest BCUT2D eigenvalue weighted by atomic mass is 35.5. The molecule has 0 spiro atoms. The number of carbonyl (C=O) groups is 3. The van der Waals surface area contributed by atoms with Crippen molar-refractivity contribution in [3.05, 3.63) is 29.8 Å². The van der Waals surface area contributed by atoms with Gasteiger partial charge in [-0.3, -0.25) is 14.4 Å². The Balaban J connectivity index is 0.00000529. The van der Waals surface area contributed by atoms with Gasteiger partial charge in [0.2, 0.25) is 11.8 Å². The first-order valence-electron chi connectivity index (χ1n) is 7.37. The van der Waals surface area contributed by atoms with Crippen molar-refractivity contribution in [1.29, 1.82) is 0 Å². The fourth-order valence-corrected chi connectivity index (χ4v) is 1.78. The molecule has 0 aliphatic carbocycles. The summed E-state index contributed by atoms with van der Waals surface area (Å²) in [5.74, 6) is -0.917. The van der Waals surface area contributed by atoms with Gasteiger partial charge in [0, 0.05) is 25.3 Å². The number of carbonyl (C=O) groups excluding carboxylic acids is 3. The average molecular weight is 357 g/mol. The molecule has 0 radical (unpaired) electrons. The Morgan fingerprint density at radius 3 is 2.38 bits per heavy atom. The van der Waals surface area contributed by atoms with Crippen LogP contribution in [0.4, 0.5) is 5.69 Å². The highest BCUT2D eigenvalue weighted by Gasteiger charge is 2.17. The van der Waals surface area contributed by atoms with Crippen LogP contribution in [0.25, 0.3) is 0 Å². The average Bonchev–Trinajstić information content (AvgIpc) is 2.51. The Morgan fingerprint density at radius 1 is 1.21 bits per heavy atom. The molecule has 0 aliphatic heterocycles. The summed E-state index contributed by atoms with van der Waals surface area (Å²) in [6, 6.07) is 5.96. The summed E-state index contributed by atoms with van der Waals surface area (Å²) in [7, 11) is 3.31. The molecule has 0 aliphatic rings. The largest absolute Gasteiger partial charge is 0.346 e. The van der Waals surface area contributed by atoms with Crippen molar-refractivity contribution in [3.63, 3.8) is 0 Å². The molecule has 0 bridgehead atoms. The monoisotopic (exact) mass is 356 g/mol. The van der Waals surface area contributed by atoms with Crippen molar-refractivity contribution in [2.24, 2.45) is 11.7 Å². The zero-order chi connectivity index (χ0) is 17.6. The predicted octanol–water partition coefficient (Wildman–Crippen LogP) is 0.848. The number of rotatable bonds is 6. The van der Waals surface area contributed by atoms with E-state index in [1.807, 2.05) is 13.8 Å². The van der Waals surface area contributed by atoms with Gasteiger partial charge in [0.05, 0.1) is 12.6 Å². The molecule has 1 atom stereocenters. The molecule has 0 heterocycles. The van der Waals surface area contributed by atoms with Gasteiger partial charge >= 0.3 is 0 Å². The molecule has 1 rings (SSSR count). The second-order valence-electron chi connectivity index (χ2n) is 5.82. The molecule has 0 unspecified atom stereocenters. The third-order valence-corrected chi connectivity index (χ3v) is 3.24. The lowest BCUT2D eigenvalue weighted by atomic mass is 10.1. The van der Waals surface area contributed by atoms with Gasteiger partial charge < -0.3 is 21.3 Å². The van der Waals surface area contributed by atoms with Gasteiger partial charge in [-0.05, 0) is 24.1 Å². The number of halogens is 1. The van der Waals surface area contributed by atoms with Crippen molar-refractivity contribution in [2.75, 3.05) is 26.0 Å². The number of hydrogen-bond acceptors (Lipinski definition) is 4. The maximum absolute atomic E-state index is 11.9. The molecular formula is C16H25ClN4O3. The summed E-state index contributed by atoms with van der Waals surface area (Å²) in [4.78, 5) is 36.9. The summed E-state index contributed by atoms with van der Waals surface area (Å²) in [5, 5.41) is 5.12. The normalized spacial score (nSPS) is 11.2. The van der Waals surface area contributed by atoms with E-state index in [9.17, 15) is 14.4 Å². The third kappa shape index (κ3) is 6.55. The van der Waals surface area contributed by atoms with Gasteiger partial charge in [0.15, 0.2) is 0 Å². The van der Waals surface area contributed by atoms with Crippen LogP contribution in [0.1, 0.15) is 24.2 Å². The van der Waals surface area contributed by atoms with E-state index >= 15 is 0 Å². The molecule has 0 saturated carbocycles. The molecule has 4 N–H and O–H groups in total. The lowest BCUT2D eigenvalue weighted by molar-refractivity contribution is -0.125. The van der Waals surface area contributed by atoms with E-state index in [0.29, 0.717) is 11.3 Å². The second-order valence-corrected chi connectivity index (χ2v) is 5.82. The smallest absolute Gasteiger partial charge is 0.253 e. The molecule has 134 valence electrons. The topological polar surface area (TPSA) is 105 Å². The van der Waals surface area contributed by atoms with Crippen LogP contribution in [0.5, 0.6) is 0 Å². The lowest BCUT2D eigenvalue weighted by Gasteiger charge is -2.15. The Kier molecular flexibility index (Phi) is 9.02. The molecule has 1 aromatic carbocycles. The Labute approximate surface area is 148 Å². The molecule has 7 nitrogen and oxygen atoms in total. The number of nitrogens with zero attached hydrogens (tertiary/aromatic N) is 1. The molecule has 1 aromatic rings. The Hall–Kier alpha value is -2.12. The quantitative estimate of drug-likeness (QED) is 0.702. The van der Waals surface area contributed by atoms with Crippen molar-refractivity contribution in [1.82, 2.24) is 10.2 Å². The summed E-state index contributed by atoms with van der Waals surface area (Å²) in [6.45, 7) is 3.49. The van der Waals surface area contributed by atoms with Crippen molar-refractivity contribution >= 4 is 35.8 Å². The van der Waals surface area contributed by atoms with Crippen LogP contribution in [0.15, 0.2) is 24.3 Å². The minimum Gasteiger partial charge on any atom is -0.346 e. The number of anilines is 1. The number of amides is 3. The Morgan fingerprint density at radius 2 is 1.83 bits per heavy atom. The van der Waals surface area contributed by atoms with E-state index in [1.54, 1.807) is 38.4 Å². The molecule has 0 fully saturated rings. The summed E-state index contributed by atoms with van der Waals surface area (Å²) in [6.07, 6.45) is 0. The predicted molar refractivity (Wildman–Crippen MR) is 96.2 cm³/mol. The van der Waals surface area contributed by atoms with E-state index in [0.717, 1.165) is 0 Å². The fourth-order valence-electron chi connectivity index (χ4n) is 1.78. The van der Waals surface area contributed by atoms with Gasteiger partial charge in [-0.1, -0.05) is 19.9 Å². The van der Waals surface area contributed by atoms with E-state index < -0.39 is 6.04 Å². The van der Waals surface area contributed by atoms with Gasteiger partial charge in [-0.25, -0.2) is 0 Å². The standard InChI is InChI=1S/C16H24N4O3.ClH/c1-10(2)14(17)15(22)18-9-13(21)19-12-7-5-6-11(8-12)16(23)20(3)4;/h5-8,10,14H,9,17H2,1-4H3,(H,18,22)(H,19,21);1H/t14-;/m0./s1. The minimum atomic E-state index is -0.649. The van der Waals surface area contributed by atoms with Crippen molar-refractivity contribution < 1.29 is 14.4 Å². The van der Waals surface area contributed by atoms with Crippen LogP contribution in [0.2, 0.25) is 0 Å². The van der Waals surface area contributed by atoms with Crippen LogP contribution in [0, 0.1) is 5.92 Å². The minimum absolute atomic E-state index is 0. The zero-order valence-electron chi connectivity index (χ0n) is 14.3. The van der Waals surface area contributed by atoms with Crippen LogP contribution in [0.3, 0.4) is 0 Å². The van der Waals surface area contributed by atoms with Crippen molar-refractivity contribution in [3.8, 4) is 0 Å². The Bertz CT molecular complexity index is 590. The molecule has 24 heavy (non-hydrogen) atoms. The van der Waals surface area contributed by atoms with Gasteiger partial charge in [-0.2, -0.15) is 0 Å². The van der Waals surface area contributed by atoms with Crippen LogP contribution >= 0.6 is 12.4 Å². The number of hydrogen-bond donors (Lipinski definition) is 3. The van der Waals surface area contributed by atoms with E-state index in [4.69, 9.17) is 5.73 Å².